The molecule has 0 radical (unpaired) electrons. The molecule has 2 rings (SSSR count). The van der Waals surface area contributed by atoms with Crippen LogP contribution in [0.2, 0.25) is 0 Å². The van der Waals surface area contributed by atoms with E-state index < -0.39 is 5.91 Å². The predicted octanol–water partition coefficient (Wildman–Crippen LogP) is 1.87. The van der Waals surface area contributed by atoms with Crippen LogP contribution in [0.15, 0.2) is 48.5 Å². The molecule has 0 unspecified atom stereocenters. The van der Waals surface area contributed by atoms with E-state index in [9.17, 15) is 9.59 Å². The zero-order valence-corrected chi connectivity index (χ0v) is 12.3. The number of hydrogen-bond donors (Lipinski definition) is 2. The Balaban J connectivity index is 1.93. The van der Waals surface area contributed by atoms with Gasteiger partial charge in [-0.1, -0.05) is 24.3 Å². The fourth-order valence-corrected chi connectivity index (χ4v) is 1.93. The van der Waals surface area contributed by atoms with Gasteiger partial charge < -0.3 is 15.8 Å². The number of ether oxygens (including phenoxy) is 1. The second-order valence-electron chi connectivity index (χ2n) is 4.73. The van der Waals surface area contributed by atoms with E-state index in [1.54, 1.807) is 42.5 Å². The van der Waals surface area contributed by atoms with E-state index in [0.717, 1.165) is 5.56 Å². The summed E-state index contributed by atoms with van der Waals surface area (Å²) in [7, 11) is 0. The number of carbonyl (C=O) groups excluding carboxylic acids is 2. The SMILES string of the molecule is N#CCc1ccc(NC(=O)COc2ccccc2C(N)=O)cc1. The molecule has 0 heterocycles. The minimum atomic E-state index is -0.617. The molecule has 2 aromatic rings. The Kier molecular flexibility index (Phi) is 5.31. The van der Waals surface area contributed by atoms with Crippen LogP contribution < -0.4 is 15.8 Å². The Morgan fingerprint density at radius 1 is 1.13 bits per heavy atom. The van der Waals surface area contributed by atoms with Crippen LogP contribution in [0.25, 0.3) is 0 Å². The average Bonchev–Trinajstić information content (AvgIpc) is 2.55. The number of anilines is 1. The quantitative estimate of drug-likeness (QED) is 0.849. The fraction of sp³-hybridized carbons (Fsp3) is 0.118. The molecule has 0 aliphatic carbocycles. The van der Waals surface area contributed by atoms with Crippen LogP contribution in [0.5, 0.6) is 5.75 Å². The lowest BCUT2D eigenvalue weighted by Gasteiger charge is -2.10. The van der Waals surface area contributed by atoms with Crippen molar-refractivity contribution in [2.75, 3.05) is 11.9 Å². The van der Waals surface area contributed by atoms with Crippen LogP contribution in [0.3, 0.4) is 0 Å². The third kappa shape index (κ3) is 4.58. The standard InChI is InChI=1S/C17H15N3O3/c18-10-9-12-5-7-13(8-6-12)20-16(21)11-23-15-4-2-1-3-14(15)17(19)22/h1-8H,9,11H2,(H2,19,22)(H,20,21). The number of amides is 2. The fourth-order valence-electron chi connectivity index (χ4n) is 1.93. The van der Waals surface area contributed by atoms with Crippen molar-refractivity contribution >= 4 is 17.5 Å². The number of nitrogens with two attached hydrogens (primary N) is 1. The molecule has 0 saturated carbocycles. The number of nitrogens with one attached hydrogen (secondary N) is 1. The second kappa shape index (κ2) is 7.61. The van der Waals surface area contributed by atoms with Crippen molar-refractivity contribution in [3.8, 4) is 11.8 Å². The van der Waals surface area contributed by atoms with Crippen molar-refractivity contribution in [1.82, 2.24) is 0 Å². The Morgan fingerprint density at radius 2 is 1.83 bits per heavy atom. The first-order chi connectivity index (χ1) is 11.1. The highest BCUT2D eigenvalue weighted by Gasteiger charge is 2.10. The van der Waals surface area contributed by atoms with Gasteiger partial charge >= 0.3 is 0 Å². The van der Waals surface area contributed by atoms with Crippen molar-refractivity contribution in [3.63, 3.8) is 0 Å². The van der Waals surface area contributed by atoms with E-state index in [1.807, 2.05) is 0 Å². The molecule has 0 saturated heterocycles. The van der Waals surface area contributed by atoms with Gasteiger partial charge in [0.05, 0.1) is 18.1 Å². The maximum Gasteiger partial charge on any atom is 0.262 e. The van der Waals surface area contributed by atoms with Crippen LogP contribution >= 0.6 is 0 Å². The van der Waals surface area contributed by atoms with Gasteiger partial charge in [-0.15, -0.1) is 0 Å². The van der Waals surface area contributed by atoms with E-state index in [2.05, 4.69) is 11.4 Å². The number of benzene rings is 2. The summed E-state index contributed by atoms with van der Waals surface area (Å²) < 4.78 is 5.34. The number of hydrogen-bond acceptors (Lipinski definition) is 4. The molecule has 6 nitrogen and oxygen atoms in total. The summed E-state index contributed by atoms with van der Waals surface area (Å²) in [5.74, 6) is -0.717. The molecule has 0 aliphatic rings. The second-order valence-corrected chi connectivity index (χ2v) is 4.73. The molecule has 0 bridgehead atoms. The molecular formula is C17H15N3O3. The zero-order chi connectivity index (χ0) is 16.7. The molecule has 0 atom stereocenters. The van der Waals surface area contributed by atoms with Gasteiger partial charge in [0.15, 0.2) is 6.61 Å². The molecule has 0 fully saturated rings. The number of primary amides is 1. The summed E-state index contributed by atoms with van der Waals surface area (Å²) in [5.41, 5.74) is 6.94. The van der Waals surface area contributed by atoms with Gasteiger partial charge in [-0.2, -0.15) is 5.26 Å². The van der Waals surface area contributed by atoms with Gasteiger partial charge in [0, 0.05) is 5.69 Å². The van der Waals surface area contributed by atoms with Crippen molar-refractivity contribution in [1.29, 1.82) is 5.26 Å². The highest BCUT2D eigenvalue weighted by molar-refractivity contribution is 5.96. The summed E-state index contributed by atoms with van der Waals surface area (Å²) in [6.45, 7) is -0.246. The Morgan fingerprint density at radius 3 is 2.48 bits per heavy atom. The first kappa shape index (κ1) is 16.0. The normalized spacial score (nSPS) is 9.70. The predicted molar refractivity (Wildman–Crippen MR) is 84.8 cm³/mol. The number of nitrogens with zero attached hydrogens (tertiary/aromatic N) is 1. The summed E-state index contributed by atoms with van der Waals surface area (Å²) in [5, 5.41) is 11.3. The van der Waals surface area contributed by atoms with Crippen LogP contribution in [-0.2, 0) is 11.2 Å². The molecule has 0 spiro atoms. The highest BCUT2D eigenvalue weighted by Crippen LogP contribution is 2.17. The summed E-state index contributed by atoms with van der Waals surface area (Å²) in [4.78, 5) is 23.1. The van der Waals surface area contributed by atoms with Crippen molar-refractivity contribution in [3.05, 3.63) is 59.7 Å². The van der Waals surface area contributed by atoms with Gasteiger partial charge in [-0.25, -0.2) is 0 Å². The Labute approximate surface area is 133 Å². The van der Waals surface area contributed by atoms with Crippen LogP contribution in [0.4, 0.5) is 5.69 Å². The average molecular weight is 309 g/mol. The Hall–Kier alpha value is -3.33. The molecule has 0 aliphatic heterocycles. The van der Waals surface area contributed by atoms with Gasteiger partial charge in [0.2, 0.25) is 0 Å². The first-order valence-corrected chi connectivity index (χ1v) is 6.87. The molecule has 23 heavy (non-hydrogen) atoms. The van der Waals surface area contributed by atoms with Gasteiger partial charge in [-0.05, 0) is 29.8 Å². The van der Waals surface area contributed by atoms with E-state index in [4.69, 9.17) is 15.7 Å². The number of nitriles is 1. The molecule has 0 aromatic heterocycles. The van der Waals surface area contributed by atoms with Crippen molar-refractivity contribution < 1.29 is 14.3 Å². The van der Waals surface area contributed by atoms with Crippen LogP contribution in [-0.4, -0.2) is 18.4 Å². The van der Waals surface area contributed by atoms with Gasteiger partial charge in [0.25, 0.3) is 11.8 Å². The van der Waals surface area contributed by atoms with E-state index in [0.29, 0.717) is 12.1 Å². The minimum absolute atomic E-state index is 0.223. The summed E-state index contributed by atoms with van der Waals surface area (Å²) in [6.07, 6.45) is 0.321. The summed E-state index contributed by atoms with van der Waals surface area (Å²) >= 11 is 0. The van der Waals surface area contributed by atoms with Gasteiger partial charge in [0.1, 0.15) is 5.75 Å². The smallest absolute Gasteiger partial charge is 0.262 e. The molecule has 6 heteroatoms. The highest BCUT2D eigenvalue weighted by atomic mass is 16.5. The molecule has 2 aromatic carbocycles. The van der Waals surface area contributed by atoms with Crippen molar-refractivity contribution in [2.24, 2.45) is 5.73 Å². The number of para-hydroxylation sites is 1. The van der Waals surface area contributed by atoms with E-state index in [1.165, 1.54) is 6.07 Å². The lowest BCUT2D eigenvalue weighted by atomic mass is 10.1. The lowest BCUT2D eigenvalue weighted by Crippen LogP contribution is -2.21. The van der Waals surface area contributed by atoms with Crippen molar-refractivity contribution in [2.45, 2.75) is 6.42 Å². The van der Waals surface area contributed by atoms with E-state index in [-0.39, 0.29) is 23.8 Å². The molecule has 2 amide bonds. The zero-order valence-electron chi connectivity index (χ0n) is 12.3. The topological polar surface area (TPSA) is 105 Å². The van der Waals surface area contributed by atoms with Gasteiger partial charge in [-0.3, -0.25) is 9.59 Å². The Bertz CT molecular complexity index is 748. The maximum absolute atomic E-state index is 11.9. The summed E-state index contributed by atoms with van der Waals surface area (Å²) in [6, 6.07) is 15.5. The third-order valence-corrected chi connectivity index (χ3v) is 3.03. The largest absolute Gasteiger partial charge is 0.483 e. The monoisotopic (exact) mass is 309 g/mol. The number of rotatable bonds is 6. The lowest BCUT2D eigenvalue weighted by molar-refractivity contribution is -0.118. The number of carbonyl (C=O) groups is 2. The minimum Gasteiger partial charge on any atom is -0.483 e. The van der Waals surface area contributed by atoms with E-state index >= 15 is 0 Å². The molecular weight excluding hydrogens is 294 g/mol. The van der Waals surface area contributed by atoms with Crippen LogP contribution in [0.1, 0.15) is 15.9 Å². The maximum atomic E-state index is 11.9. The van der Waals surface area contributed by atoms with Crippen LogP contribution in [0, 0.1) is 11.3 Å². The molecule has 116 valence electrons. The first-order valence-electron chi connectivity index (χ1n) is 6.87. The third-order valence-electron chi connectivity index (χ3n) is 3.03. The molecule has 3 N–H and O–H groups in total.